The summed E-state index contributed by atoms with van der Waals surface area (Å²) >= 11 is 3.15. The van der Waals surface area contributed by atoms with Gasteiger partial charge in [-0.3, -0.25) is 4.79 Å². The van der Waals surface area contributed by atoms with Gasteiger partial charge < -0.3 is 10.0 Å². The van der Waals surface area contributed by atoms with Crippen molar-refractivity contribution in [1.29, 1.82) is 0 Å². The number of nitrogens with zero attached hydrogens (tertiary/aromatic N) is 1. The number of rotatable bonds is 7. The van der Waals surface area contributed by atoms with Crippen LogP contribution in [0.1, 0.15) is 0 Å². The predicted octanol–water partition coefficient (Wildman–Crippen LogP) is 1.85. The second kappa shape index (κ2) is 7.49. The zero-order chi connectivity index (χ0) is 11.8. The van der Waals surface area contributed by atoms with Crippen molar-refractivity contribution >= 4 is 29.0 Å². The molecule has 0 aliphatic rings. The van der Waals surface area contributed by atoms with E-state index in [4.69, 9.17) is 5.11 Å². The molecule has 0 saturated carbocycles. The van der Waals surface area contributed by atoms with Gasteiger partial charge in [0.25, 0.3) is 0 Å². The van der Waals surface area contributed by atoms with Gasteiger partial charge in [-0.25, -0.2) is 0 Å². The zero-order valence-electron chi connectivity index (χ0n) is 8.96. The van der Waals surface area contributed by atoms with Crippen molar-refractivity contribution < 1.29 is 9.90 Å². The number of hydrogen-bond acceptors (Lipinski definition) is 4. The molecule has 5 heteroatoms. The minimum Gasteiger partial charge on any atom is -0.395 e. The third kappa shape index (κ3) is 4.38. The molecule has 0 radical (unpaired) electrons. The first-order valence-corrected chi connectivity index (χ1v) is 6.80. The lowest BCUT2D eigenvalue weighted by molar-refractivity contribution is -0.128. The van der Waals surface area contributed by atoms with E-state index in [0.29, 0.717) is 18.8 Å². The van der Waals surface area contributed by atoms with Crippen molar-refractivity contribution in [2.45, 2.75) is 4.21 Å². The summed E-state index contributed by atoms with van der Waals surface area (Å²) in [5.41, 5.74) is 0. The Kier molecular flexibility index (Phi) is 6.22. The normalized spacial score (nSPS) is 10.1. The zero-order valence-corrected chi connectivity index (χ0v) is 10.6. The molecule has 0 saturated heterocycles. The van der Waals surface area contributed by atoms with Crippen LogP contribution in [0.2, 0.25) is 0 Å². The first-order valence-electron chi connectivity index (χ1n) is 4.93. The highest BCUT2D eigenvalue weighted by Gasteiger charge is 2.11. The van der Waals surface area contributed by atoms with Gasteiger partial charge in [0.2, 0.25) is 5.91 Å². The Morgan fingerprint density at radius 1 is 1.69 bits per heavy atom. The van der Waals surface area contributed by atoms with E-state index in [1.807, 2.05) is 17.5 Å². The highest BCUT2D eigenvalue weighted by atomic mass is 32.2. The lowest BCUT2D eigenvalue weighted by atomic mass is 10.4. The molecule has 0 spiro atoms. The molecular weight excluding hydrogens is 242 g/mol. The van der Waals surface area contributed by atoms with Gasteiger partial charge in [0, 0.05) is 13.1 Å². The fraction of sp³-hybridized carbons (Fsp3) is 0.364. The molecule has 1 amide bonds. The fourth-order valence-corrected chi connectivity index (χ4v) is 2.85. The monoisotopic (exact) mass is 257 g/mol. The molecule has 1 aromatic rings. The van der Waals surface area contributed by atoms with Gasteiger partial charge in [0.05, 0.1) is 16.6 Å². The van der Waals surface area contributed by atoms with Crippen LogP contribution in [-0.2, 0) is 4.79 Å². The number of carbonyl (C=O) groups excluding carboxylic acids is 1. The van der Waals surface area contributed by atoms with E-state index >= 15 is 0 Å². The van der Waals surface area contributed by atoms with Crippen LogP contribution < -0.4 is 0 Å². The average Bonchev–Trinajstić information content (AvgIpc) is 2.78. The molecule has 88 valence electrons. The largest absolute Gasteiger partial charge is 0.395 e. The number of aliphatic hydroxyl groups excluding tert-OH is 1. The Bertz CT molecular complexity index is 325. The molecule has 3 nitrogen and oxygen atoms in total. The minimum absolute atomic E-state index is 0.0107. The summed E-state index contributed by atoms with van der Waals surface area (Å²) in [5, 5.41) is 10.8. The number of thiophene rings is 1. The summed E-state index contributed by atoms with van der Waals surface area (Å²) in [6.07, 6.45) is 1.67. The molecule has 0 aromatic carbocycles. The van der Waals surface area contributed by atoms with E-state index < -0.39 is 0 Å². The van der Waals surface area contributed by atoms with Crippen molar-refractivity contribution in [3.63, 3.8) is 0 Å². The lowest BCUT2D eigenvalue weighted by Gasteiger charge is -2.19. The smallest absolute Gasteiger partial charge is 0.233 e. The van der Waals surface area contributed by atoms with Crippen LogP contribution in [0.15, 0.2) is 34.4 Å². The summed E-state index contributed by atoms with van der Waals surface area (Å²) in [6.45, 7) is 4.45. The van der Waals surface area contributed by atoms with Crippen molar-refractivity contribution in [1.82, 2.24) is 4.90 Å². The molecule has 1 aromatic heterocycles. The van der Waals surface area contributed by atoms with Gasteiger partial charge in [0.15, 0.2) is 0 Å². The van der Waals surface area contributed by atoms with Crippen LogP contribution in [0.4, 0.5) is 0 Å². The number of hydrogen-bond donors (Lipinski definition) is 1. The minimum atomic E-state index is -0.0107. The molecule has 0 aliphatic heterocycles. The number of thioether (sulfide) groups is 1. The molecule has 16 heavy (non-hydrogen) atoms. The maximum Gasteiger partial charge on any atom is 0.233 e. The van der Waals surface area contributed by atoms with Crippen molar-refractivity contribution in [3.8, 4) is 0 Å². The molecule has 1 heterocycles. The highest BCUT2D eigenvalue weighted by molar-refractivity contribution is 8.01. The summed E-state index contributed by atoms with van der Waals surface area (Å²) < 4.78 is 1.14. The first kappa shape index (κ1) is 13.3. The van der Waals surface area contributed by atoms with Gasteiger partial charge >= 0.3 is 0 Å². The van der Waals surface area contributed by atoms with Crippen LogP contribution in [0, 0.1) is 0 Å². The van der Waals surface area contributed by atoms with E-state index in [0.717, 1.165) is 4.21 Å². The molecule has 0 atom stereocenters. The van der Waals surface area contributed by atoms with Crippen molar-refractivity contribution in [2.24, 2.45) is 0 Å². The van der Waals surface area contributed by atoms with Crippen LogP contribution in [0.5, 0.6) is 0 Å². The molecule has 0 unspecified atom stereocenters. The summed E-state index contributed by atoms with van der Waals surface area (Å²) in [6, 6.07) is 3.96. The Morgan fingerprint density at radius 3 is 3.06 bits per heavy atom. The Labute approximate surface area is 104 Å². The number of carbonyl (C=O) groups is 1. The van der Waals surface area contributed by atoms with E-state index in [1.165, 1.54) is 11.8 Å². The van der Waals surface area contributed by atoms with E-state index in [-0.39, 0.29) is 12.5 Å². The Balaban J connectivity index is 2.39. The molecule has 1 rings (SSSR count). The van der Waals surface area contributed by atoms with Crippen LogP contribution in [-0.4, -0.2) is 41.4 Å². The number of aliphatic hydroxyl groups is 1. The van der Waals surface area contributed by atoms with Crippen LogP contribution >= 0.6 is 23.1 Å². The topological polar surface area (TPSA) is 40.5 Å². The molecular formula is C11H15NO2S2. The fourth-order valence-electron chi connectivity index (χ4n) is 1.16. The van der Waals surface area contributed by atoms with E-state index in [2.05, 4.69) is 6.58 Å². The van der Waals surface area contributed by atoms with E-state index in [1.54, 1.807) is 22.3 Å². The highest BCUT2D eigenvalue weighted by Crippen LogP contribution is 2.23. The number of amides is 1. The third-order valence-corrected chi connectivity index (χ3v) is 4.02. The standard InChI is InChI=1S/C11H15NO2S2/c1-2-5-12(6-7-13)10(14)9-16-11-4-3-8-15-11/h2-4,8,13H,1,5-7,9H2. The summed E-state index contributed by atoms with van der Waals surface area (Å²) in [5.74, 6) is 0.446. The maximum atomic E-state index is 11.8. The predicted molar refractivity (Wildman–Crippen MR) is 68.9 cm³/mol. The molecule has 0 fully saturated rings. The van der Waals surface area contributed by atoms with Gasteiger partial charge in [-0.15, -0.1) is 29.7 Å². The third-order valence-electron chi connectivity index (χ3n) is 1.91. The second-order valence-electron chi connectivity index (χ2n) is 3.07. The van der Waals surface area contributed by atoms with Crippen LogP contribution in [0.3, 0.4) is 0 Å². The Morgan fingerprint density at radius 2 is 2.50 bits per heavy atom. The van der Waals surface area contributed by atoms with Crippen molar-refractivity contribution in [2.75, 3.05) is 25.4 Å². The Hall–Kier alpha value is -0.780. The van der Waals surface area contributed by atoms with E-state index in [9.17, 15) is 4.79 Å². The average molecular weight is 257 g/mol. The maximum absolute atomic E-state index is 11.8. The quantitative estimate of drug-likeness (QED) is 0.598. The molecule has 0 aliphatic carbocycles. The molecule has 1 N–H and O–H groups in total. The van der Waals surface area contributed by atoms with Crippen LogP contribution in [0.25, 0.3) is 0 Å². The first-order chi connectivity index (χ1) is 7.77. The second-order valence-corrected chi connectivity index (χ2v) is 5.30. The molecule has 0 bridgehead atoms. The SMILES string of the molecule is C=CCN(CCO)C(=O)CSc1cccs1. The summed E-state index contributed by atoms with van der Waals surface area (Å²) in [7, 11) is 0. The van der Waals surface area contributed by atoms with Gasteiger partial charge in [-0.05, 0) is 11.4 Å². The van der Waals surface area contributed by atoms with Gasteiger partial charge in [-0.2, -0.15) is 0 Å². The van der Waals surface area contributed by atoms with Gasteiger partial charge in [-0.1, -0.05) is 12.1 Å². The van der Waals surface area contributed by atoms with Crippen molar-refractivity contribution in [3.05, 3.63) is 30.2 Å². The summed E-state index contributed by atoms with van der Waals surface area (Å²) in [4.78, 5) is 13.4. The van der Waals surface area contributed by atoms with Gasteiger partial charge in [0.1, 0.15) is 0 Å². The lowest BCUT2D eigenvalue weighted by Crippen LogP contribution is -2.34.